The summed E-state index contributed by atoms with van der Waals surface area (Å²) in [5, 5.41) is 0. The van der Waals surface area contributed by atoms with Crippen LogP contribution in [0.5, 0.6) is 0 Å². The van der Waals surface area contributed by atoms with Gasteiger partial charge < -0.3 is 5.73 Å². The predicted octanol–water partition coefficient (Wildman–Crippen LogP) is -0.664. The van der Waals surface area contributed by atoms with Gasteiger partial charge >= 0.3 is 0 Å². The zero-order chi connectivity index (χ0) is 7.84. The van der Waals surface area contributed by atoms with Crippen molar-refractivity contribution in [2.45, 2.75) is 0 Å². The van der Waals surface area contributed by atoms with Gasteiger partial charge in [-0.05, 0) is 0 Å². The summed E-state index contributed by atoms with van der Waals surface area (Å²) in [4.78, 5) is 22.0. The van der Waals surface area contributed by atoms with Crippen molar-refractivity contribution < 1.29 is 4.79 Å². The normalized spacial score (nSPS) is 14.5. The van der Waals surface area contributed by atoms with E-state index in [1.54, 1.807) is 0 Å². The topological polar surface area (TPSA) is 81.2 Å². The number of hydrogen-bond donors (Lipinski definition) is 1. The number of amides is 1. The van der Waals surface area contributed by atoms with Gasteiger partial charge in [-0.1, -0.05) is 0 Å². The minimum absolute atomic E-state index is 0.151. The Balaban J connectivity index is 2.71. The van der Waals surface area contributed by atoms with Crippen LogP contribution < -0.4 is 5.73 Å². The minimum Gasteiger partial charge on any atom is -0.382 e. The maximum Gasteiger partial charge on any atom is 0.299 e. The lowest BCUT2D eigenvalue weighted by atomic mass is 10.3. The van der Waals surface area contributed by atoms with E-state index in [0.717, 1.165) is 0 Å². The number of aromatic nitrogens is 2. The molecule has 0 unspecified atom stereocenters. The largest absolute Gasteiger partial charge is 0.382 e. The molecule has 0 fully saturated rings. The van der Waals surface area contributed by atoms with Crippen LogP contribution in [-0.4, -0.2) is 21.7 Å². The van der Waals surface area contributed by atoms with Crippen LogP contribution in [0.3, 0.4) is 0 Å². The molecule has 2 heterocycles. The molecule has 1 aliphatic rings. The minimum atomic E-state index is -0.411. The zero-order valence-electron chi connectivity index (χ0n) is 5.48. The molecule has 0 saturated carbocycles. The third kappa shape index (κ3) is 0.706. The Labute approximate surface area is 62.0 Å². The first-order valence-electron chi connectivity index (χ1n) is 2.99. The van der Waals surface area contributed by atoms with Crippen molar-refractivity contribution in [3.8, 4) is 0 Å². The summed E-state index contributed by atoms with van der Waals surface area (Å²) in [6.45, 7) is 0. The van der Waals surface area contributed by atoms with Crippen molar-refractivity contribution in [2.24, 2.45) is 10.7 Å². The second kappa shape index (κ2) is 1.85. The van der Waals surface area contributed by atoms with Gasteiger partial charge in [-0.2, -0.15) is 4.99 Å². The summed E-state index contributed by atoms with van der Waals surface area (Å²) in [6.07, 6.45) is 2.91. The zero-order valence-corrected chi connectivity index (χ0v) is 5.48. The lowest BCUT2D eigenvalue weighted by Crippen LogP contribution is -2.12. The number of carbonyl (C=O) groups is 1. The Hall–Kier alpha value is -1.78. The first kappa shape index (κ1) is 5.96. The highest BCUT2D eigenvalue weighted by Gasteiger charge is 2.23. The molecule has 0 bridgehead atoms. The van der Waals surface area contributed by atoms with Crippen molar-refractivity contribution in [2.75, 3.05) is 0 Å². The van der Waals surface area contributed by atoms with Crippen molar-refractivity contribution >= 4 is 11.7 Å². The molecule has 0 spiro atoms. The van der Waals surface area contributed by atoms with E-state index in [9.17, 15) is 4.79 Å². The van der Waals surface area contributed by atoms with Gasteiger partial charge in [0.2, 0.25) is 0 Å². The molecule has 5 heteroatoms. The van der Waals surface area contributed by atoms with Crippen molar-refractivity contribution in [1.82, 2.24) is 9.97 Å². The van der Waals surface area contributed by atoms with Crippen LogP contribution in [-0.2, 0) is 0 Å². The Kier molecular flexibility index (Phi) is 1.00. The van der Waals surface area contributed by atoms with E-state index in [1.165, 1.54) is 12.4 Å². The summed E-state index contributed by atoms with van der Waals surface area (Å²) in [6, 6.07) is 0. The summed E-state index contributed by atoms with van der Waals surface area (Å²) >= 11 is 0. The fourth-order valence-corrected chi connectivity index (χ4v) is 0.897. The third-order valence-corrected chi connectivity index (χ3v) is 1.37. The highest BCUT2D eigenvalue weighted by atomic mass is 16.1. The molecule has 2 N–H and O–H groups in total. The second-order valence-electron chi connectivity index (χ2n) is 2.06. The number of fused-ring (bicyclic) bond motifs is 1. The van der Waals surface area contributed by atoms with Crippen LogP contribution in [0.4, 0.5) is 0 Å². The summed E-state index contributed by atoms with van der Waals surface area (Å²) < 4.78 is 0. The van der Waals surface area contributed by atoms with Crippen molar-refractivity contribution in [1.29, 1.82) is 0 Å². The monoisotopic (exact) mass is 148 g/mol. The molecule has 1 aromatic rings. The number of aliphatic imine (C=N–C) groups is 1. The second-order valence-corrected chi connectivity index (χ2v) is 2.06. The lowest BCUT2D eigenvalue weighted by Gasteiger charge is -1.91. The molecule has 0 saturated heterocycles. The van der Waals surface area contributed by atoms with E-state index in [-0.39, 0.29) is 11.5 Å². The highest BCUT2D eigenvalue weighted by molar-refractivity contribution is 6.17. The van der Waals surface area contributed by atoms with Gasteiger partial charge in [-0.25, -0.2) is 9.97 Å². The van der Waals surface area contributed by atoms with E-state index < -0.39 is 5.91 Å². The van der Waals surface area contributed by atoms with Gasteiger partial charge in [0, 0.05) is 12.4 Å². The number of amidine groups is 1. The molecule has 5 nitrogen and oxygen atoms in total. The molecule has 1 amide bonds. The van der Waals surface area contributed by atoms with Crippen LogP contribution in [0, 0.1) is 0 Å². The average molecular weight is 148 g/mol. The summed E-state index contributed by atoms with van der Waals surface area (Å²) in [5.74, 6) is -0.260. The van der Waals surface area contributed by atoms with Gasteiger partial charge in [0.25, 0.3) is 5.91 Å². The molecule has 0 atom stereocenters. The predicted molar refractivity (Wildman–Crippen MR) is 37.1 cm³/mol. The third-order valence-electron chi connectivity index (χ3n) is 1.37. The molecule has 11 heavy (non-hydrogen) atoms. The maximum absolute atomic E-state index is 10.9. The number of nitrogens with two attached hydrogens (primary N) is 1. The van der Waals surface area contributed by atoms with Crippen LogP contribution in [0.1, 0.15) is 16.2 Å². The van der Waals surface area contributed by atoms with Crippen molar-refractivity contribution in [3.63, 3.8) is 0 Å². The quantitative estimate of drug-likeness (QED) is 0.529. The van der Waals surface area contributed by atoms with E-state index in [2.05, 4.69) is 15.0 Å². The van der Waals surface area contributed by atoms with Gasteiger partial charge in [0.1, 0.15) is 5.69 Å². The van der Waals surface area contributed by atoms with Gasteiger partial charge in [-0.3, -0.25) is 4.79 Å². The van der Waals surface area contributed by atoms with E-state index >= 15 is 0 Å². The first-order chi connectivity index (χ1) is 5.29. The SMILES string of the molecule is NC1=NC(=O)c2nccnc21. The molecule has 0 aromatic carbocycles. The first-order valence-corrected chi connectivity index (χ1v) is 2.99. The molecule has 0 radical (unpaired) electrons. The summed E-state index contributed by atoms with van der Waals surface area (Å²) in [5.41, 5.74) is 5.99. The highest BCUT2D eigenvalue weighted by Crippen LogP contribution is 2.09. The Morgan fingerprint density at radius 2 is 1.82 bits per heavy atom. The van der Waals surface area contributed by atoms with Crippen LogP contribution in [0.25, 0.3) is 0 Å². The smallest absolute Gasteiger partial charge is 0.299 e. The Morgan fingerprint density at radius 1 is 1.18 bits per heavy atom. The number of carbonyl (C=O) groups excluding carboxylic acids is 1. The number of rotatable bonds is 0. The van der Waals surface area contributed by atoms with Crippen molar-refractivity contribution in [3.05, 3.63) is 23.8 Å². The van der Waals surface area contributed by atoms with E-state index in [1.807, 2.05) is 0 Å². The molecule has 1 aromatic heterocycles. The fourth-order valence-electron chi connectivity index (χ4n) is 0.897. The molecule has 0 aliphatic carbocycles. The van der Waals surface area contributed by atoms with Crippen LogP contribution in [0.15, 0.2) is 17.4 Å². The molecule has 54 valence electrons. The van der Waals surface area contributed by atoms with Gasteiger partial charge in [0.05, 0.1) is 0 Å². The molecule has 2 rings (SSSR count). The standard InChI is InChI=1S/C6H4N4O/c7-5-3-4(6(11)10-5)9-2-1-8-3/h1-2H,(H2,7,10,11). The molecular formula is C6H4N4O. The maximum atomic E-state index is 10.9. The summed E-state index contributed by atoms with van der Waals surface area (Å²) in [7, 11) is 0. The molecule has 1 aliphatic heterocycles. The van der Waals surface area contributed by atoms with Gasteiger partial charge in [0.15, 0.2) is 11.5 Å². The Morgan fingerprint density at radius 3 is 2.45 bits per heavy atom. The Bertz CT molecular complexity index is 357. The van der Waals surface area contributed by atoms with Gasteiger partial charge in [-0.15, -0.1) is 0 Å². The number of nitrogens with zero attached hydrogens (tertiary/aromatic N) is 3. The van der Waals surface area contributed by atoms with Crippen LogP contribution >= 0.6 is 0 Å². The number of hydrogen-bond acceptors (Lipinski definition) is 4. The fraction of sp³-hybridized carbons (Fsp3) is 0. The van der Waals surface area contributed by atoms with E-state index in [4.69, 9.17) is 5.73 Å². The van der Waals surface area contributed by atoms with E-state index in [0.29, 0.717) is 5.69 Å². The van der Waals surface area contributed by atoms with Crippen LogP contribution in [0.2, 0.25) is 0 Å². The average Bonchev–Trinajstić information content (AvgIpc) is 2.30. The molecular weight excluding hydrogens is 144 g/mol. The lowest BCUT2D eigenvalue weighted by molar-refractivity contribution is 0.100.